The fourth-order valence-electron chi connectivity index (χ4n) is 1.37. The molecule has 1 aliphatic rings. The maximum absolute atomic E-state index is 9.41. The summed E-state index contributed by atoms with van der Waals surface area (Å²) in [6.45, 7) is 1.58. The van der Waals surface area contributed by atoms with E-state index in [0.29, 0.717) is 6.61 Å². The third-order valence-corrected chi connectivity index (χ3v) is 2.18. The quantitative estimate of drug-likeness (QED) is 0.421. The van der Waals surface area contributed by atoms with Crippen LogP contribution in [0.4, 0.5) is 0 Å². The molecule has 1 fully saturated rings. The van der Waals surface area contributed by atoms with Crippen LogP contribution in [0.15, 0.2) is 0 Å². The highest BCUT2D eigenvalue weighted by atomic mass is 16.7. The molecule has 14 heavy (non-hydrogen) atoms. The van der Waals surface area contributed by atoms with Gasteiger partial charge in [-0.15, -0.1) is 0 Å². The standard InChI is InChI=1S/C8H16O6/c1-2-13-8-7(12)6(11)5(10)4(3-9)14-8/h4-12H,2-3H2,1H3/t4?,5-,6?,7-,8+/m1/s1. The summed E-state index contributed by atoms with van der Waals surface area (Å²) in [7, 11) is 0. The van der Waals surface area contributed by atoms with E-state index in [0.717, 1.165) is 0 Å². The molecule has 0 aromatic carbocycles. The van der Waals surface area contributed by atoms with E-state index in [1.165, 1.54) is 0 Å². The molecule has 4 N–H and O–H groups in total. The van der Waals surface area contributed by atoms with Crippen molar-refractivity contribution in [3.05, 3.63) is 0 Å². The van der Waals surface area contributed by atoms with Gasteiger partial charge in [-0.3, -0.25) is 0 Å². The molecule has 1 rings (SSSR count). The van der Waals surface area contributed by atoms with Gasteiger partial charge in [-0.1, -0.05) is 0 Å². The number of rotatable bonds is 3. The number of ether oxygens (including phenoxy) is 2. The Morgan fingerprint density at radius 3 is 2.29 bits per heavy atom. The largest absolute Gasteiger partial charge is 0.394 e. The summed E-state index contributed by atoms with van der Waals surface area (Å²) in [5.74, 6) is 0. The first-order valence-electron chi connectivity index (χ1n) is 4.54. The minimum Gasteiger partial charge on any atom is -0.394 e. The van der Waals surface area contributed by atoms with E-state index < -0.39 is 37.3 Å². The molecular weight excluding hydrogens is 192 g/mol. The Bertz CT molecular complexity index is 171. The van der Waals surface area contributed by atoms with Gasteiger partial charge in [0.25, 0.3) is 0 Å². The van der Waals surface area contributed by atoms with Gasteiger partial charge in [-0.25, -0.2) is 0 Å². The van der Waals surface area contributed by atoms with Crippen molar-refractivity contribution in [1.29, 1.82) is 0 Å². The Morgan fingerprint density at radius 2 is 1.79 bits per heavy atom. The van der Waals surface area contributed by atoms with Crippen molar-refractivity contribution in [3.8, 4) is 0 Å². The van der Waals surface area contributed by atoms with Crippen LogP contribution < -0.4 is 0 Å². The first-order chi connectivity index (χ1) is 6.61. The lowest BCUT2D eigenvalue weighted by Gasteiger charge is -2.39. The Labute approximate surface area is 81.7 Å². The number of aliphatic hydroxyl groups excluding tert-OH is 4. The van der Waals surface area contributed by atoms with Gasteiger partial charge < -0.3 is 29.9 Å². The van der Waals surface area contributed by atoms with Crippen molar-refractivity contribution >= 4 is 0 Å². The van der Waals surface area contributed by atoms with Crippen molar-refractivity contribution in [3.63, 3.8) is 0 Å². The fourth-order valence-corrected chi connectivity index (χ4v) is 1.37. The van der Waals surface area contributed by atoms with Crippen molar-refractivity contribution in [1.82, 2.24) is 0 Å². The van der Waals surface area contributed by atoms with E-state index >= 15 is 0 Å². The van der Waals surface area contributed by atoms with Crippen LogP contribution >= 0.6 is 0 Å². The molecule has 0 radical (unpaired) electrons. The molecule has 0 aliphatic carbocycles. The second-order valence-electron chi connectivity index (χ2n) is 3.15. The summed E-state index contributed by atoms with van der Waals surface area (Å²) in [6.07, 6.45) is -5.89. The zero-order valence-electron chi connectivity index (χ0n) is 7.91. The predicted octanol–water partition coefficient (Wildman–Crippen LogP) is -2.18. The summed E-state index contributed by atoms with van der Waals surface area (Å²) in [5, 5.41) is 36.9. The van der Waals surface area contributed by atoms with E-state index in [-0.39, 0.29) is 0 Å². The minimum absolute atomic E-state index is 0.308. The SMILES string of the molecule is CCO[C@H]1OC(CO)[C@@H](O)C(O)[C@H]1O. The summed E-state index contributed by atoms with van der Waals surface area (Å²) >= 11 is 0. The lowest BCUT2D eigenvalue weighted by molar-refractivity contribution is -0.300. The first kappa shape index (κ1) is 11.8. The highest BCUT2D eigenvalue weighted by molar-refractivity contribution is 4.88. The summed E-state index contributed by atoms with van der Waals surface area (Å²) < 4.78 is 10.0. The van der Waals surface area contributed by atoms with Crippen LogP contribution in [0.1, 0.15) is 6.92 Å². The highest BCUT2D eigenvalue weighted by Crippen LogP contribution is 2.21. The predicted molar refractivity (Wildman–Crippen MR) is 45.4 cm³/mol. The Morgan fingerprint density at radius 1 is 1.14 bits per heavy atom. The van der Waals surface area contributed by atoms with Crippen molar-refractivity contribution in [2.24, 2.45) is 0 Å². The molecule has 0 aromatic rings. The second-order valence-corrected chi connectivity index (χ2v) is 3.15. The molecule has 1 aliphatic heterocycles. The molecule has 84 valence electrons. The fraction of sp³-hybridized carbons (Fsp3) is 1.00. The lowest BCUT2D eigenvalue weighted by atomic mass is 9.99. The molecule has 0 amide bonds. The van der Waals surface area contributed by atoms with Crippen LogP contribution in [-0.4, -0.2) is 64.3 Å². The summed E-state index contributed by atoms with van der Waals surface area (Å²) in [5.41, 5.74) is 0. The van der Waals surface area contributed by atoms with Crippen LogP contribution in [-0.2, 0) is 9.47 Å². The molecule has 1 heterocycles. The monoisotopic (exact) mass is 208 g/mol. The topological polar surface area (TPSA) is 99.4 Å². The number of hydrogen-bond acceptors (Lipinski definition) is 6. The minimum atomic E-state index is -1.36. The van der Waals surface area contributed by atoms with Gasteiger partial charge in [0.1, 0.15) is 24.4 Å². The van der Waals surface area contributed by atoms with Crippen LogP contribution in [0, 0.1) is 0 Å². The van der Waals surface area contributed by atoms with Gasteiger partial charge >= 0.3 is 0 Å². The lowest BCUT2D eigenvalue weighted by Crippen LogP contribution is -2.59. The van der Waals surface area contributed by atoms with Gasteiger partial charge in [-0.05, 0) is 6.92 Å². The Hall–Kier alpha value is -0.240. The highest BCUT2D eigenvalue weighted by Gasteiger charge is 2.43. The van der Waals surface area contributed by atoms with Gasteiger partial charge in [0.15, 0.2) is 6.29 Å². The molecule has 0 aromatic heterocycles. The maximum atomic E-state index is 9.41. The molecule has 0 spiro atoms. The molecule has 0 saturated carbocycles. The molecule has 1 saturated heterocycles. The van der Waals surface area contributed by atoms with Gasteiger partial charge in [0.05, 0.1) is 6.61 Å². The van der Waals surface area contributed by atoms with E-state index in [9.17, 15) is 15.3 Å². The van der Waals surface area contributed by atoms with E-state index in [1.54, 1.807) is 6.92 Å². The van der Waals surface area contributed by atoms with Crippen molar-refractivity contribution in [2.75, 3.05) is 13.2 Å². The molecule has 2 unspecified atom stereocenters. The van der Waals surface area contributed by atoms with Gasteiger partial charge in [0.2, 0.25) is 0 Å². The molecule has 6 heteroatoms. The average molecular weight is 208 g/mol. The maximum Gasteiger partial charge on any atom is 0.186 e. The average Bonchev–Trinajstić information content (AvgIpc) is 2.19. The normalized spacial score (nSPS) is 43.9. The van der Waals surface area contributed by atoms with Crippen LogP contribution in [0.5, 0.6) is 0 Å². The zero-order chi connectivity index (χ0) is 10.7. The van der Waals surface area contributed by atoms with Crippen molar-refractivity contribution in [2.45, 2.75) is 37.6 Å². The van der Waals surface area contributed by atoms with E-state index in [4.69, 9.17) is 14.6 Å². The van der Waals surface area contributed by atoms with E-state index in [2.05, 4.69) is 0 Å². The molecule has 0 bridgehead atoms. The van der Waals surface area contributed by atoms with Crippen LogP contribution in [0.25, 0.3) is 0 Å². The van der Waals surface area contributed by atoms with Gasteiger partial charge in [-0.2, -0.15) is 0 Å². The first-order valence-corrected chi connectivity index (χ1v) is 4.54. The zero-order valence-corrected chi connectivity index (χ0v) is 7.91. The molecule has 5 atom stereocenters. The number of hydrogen-bond donors (Lipinski definition) is 4. The summed E-state index contributed by atoms with van der Waals surface area (Å²) in [6, 6.07) is 0. The summed E-state index contributed by atoms with van der Waals surface area (Å²) in [4.78, 5) is 0. The third-order valence-electron chi connectivity index (χ3n) is 2.18. The van der Waals surface area contributed by atoms with Crippen LogP contribution in [0.2, 0.25) is 0 Å². The molecule has 6 nitrogen and oxygen atoms in total. The van der Waals surface area contributed by atoms with Crippen molar-refractivity contribution < 1.29 is 29.9 Å². The van der Waals surface area contributed by atoms with E-state index in [1.807, 2.05) is 0 Å². The van der Waals surface area contributed by atoms with Crippen LogP contribution in [0.3, 0.4) is 0 Å². The number of aliphatic hydroxyl groups is 4. The Balaban J connectivity index is 2.63. The second kappa shape index (κ2) is 5.01. The third kappa shape index (κ3) is 2.22. The molecular formula is C8H16O6. The smallest absolute Gasteiger partial charge is 0.186 e. The Kier molecular flexibility index (Phi) is 4.24. The van der Waals surface area contributed by atoms with Gasteiger partial charge in [0, 0.05) is 6.61 Å².